The van der Waals surface area contributed by atoms with E-state index in [1.54, 1.807) is 35.9 Å². The molecule has 37 heavy (non-hydrogen) atoms. The number of anilines is 1. The standard InChI is InChI=1S/C28H31N3O5S/c1-3-25(26(32)29-20-11-7-8-12-22(20)34-2)37-28-30-21-16-24-23(35-17-36-24)15-19(21)27(33)31(28)14-13-18-9-5-4-6-10-18/h7-9,11-12,15-16,25H,3-6,10,13-14,17H2,1-2H3,(H,29,32)/t25-/m1/s1. The van der Waals surface area contributed by atoms with Gasteiger partial charge in [0.2, 0.25) is 12.7 Å². The number of rotatable bonds is 9. The topological polar surface area (TPSA) is 91.7 Å². The van der Waals surface area contributed by atoms with Gasteiger partial charge in [-0.05, 0) is 56.7 Å². The van der Waals surface area contributed by atoms with Crippen molar-refractivity contribution in [1.82, 2.24) is 9.55 Å². The molecule has 0 fully saturated rings. The Bertz CT molecular complexity index is 1400. The summed E-state index contributed by atoms with van der Waals surface area (Å²) >= 11 is 1.31. The van der Waals surface area contributed by atoms with Crippen LogP contribution in [0.2, 0.25) is 0 Å². The molecule has 1 atom stereocenters. The van der Waals surface area contributed by atoms with Crippen LogP contribution in [-0.4, -0.2) is 34.6 Å². The van der Waals surface area contributed by atoms with Gasteiger partial charge in [0, 0.05) is 12.6 Å². The number of amides is 1. The third-order valence-electron chi connectivity index (χ3n) is 6.73. The Morgan fingerprint density at radius 1 is 1.22 bits per heavy atom. The first kappa shape index (κ1) is 25.2. The number of aromatic nitrogens is 2. The number of hydrogen-bond acceptors (Lipinski definition) is 7. The highest BCUT2D eigenvalue weighted by molar-refractivity contribution is 8.00. The highest BCUT2D eigenvalue weighted by atomic mass is 32.2. The molecule has 1 aliphatic carbocycles. The molecule has 0 unspecified atom stereocenters. The van der Waals surface area contributed by atoms with Crippen LogP contribution in [0.15, 0.2) is 58.0 Å². The molecule has 0 saturated carbocycles. The molecule has 2 aromatic carbocycles. The number of thioether (sulfide) groups is 1. The van der Waals surface area contributed by atoms with Crippen LogP contribution < -0.4 is 25.1 Å². The van der Waals surface area contributed by atoms with Crippen molar-refractivity contribution >= 4 is 34.3 Å². The van der Waals surface area contributed by atoms with Gasteiger partial charge in [0.1, 0.15) is 5.75 Å². The first-order chi connectivity index (χ1) is 18.1. The minimum Gasteiger partial charge on any atom is -0.495 e. The zero-order chi connectivity index (χ0) is 25.8. The number of nitrogens with zero attached hydrogens (tertiary/aromatic N) is 2. The van der Waals surface area contributed by atoms with E-state index in [4.69, 9.17) is 19.2 Å². The number of hydrogen-bond donors (Lipinski definition) is 1. The molecule has 3 aromatic rings. The molecule has 9 heteroatoms. The van der Waals surface area contributed by atoms with E-state index in [2.05, 4.69) is 11.4 Å². The summed E-state index contributed by atoms with van der Waals surface area (Å²) in [5.74, 6) is 1.55. The van der Waals surface area contributed by atoms with Crippen molar-refractivity contribution < 1.29 is 19.0 Å². The van der Waals surface area contributed by atoms with E-state index >= 15 is 0 Å². The zero-order valence-electron chi connectivity index (χ0n) is 21.1. The van der Waals surface area contributed by atoms with Crippen molar-refractivity contribution in [2.45, 2.75) is 62.4 Å². The Labute approximate surface area is 220 Å². The highest BCUT2D eigenvalue weighted by Crippen LogP contribution is 2.36. The van der Waals surface area contributed by atoms with Gasteiger partial charge in [0.25, 0.3) is 5.56 Å². The summed E-state index contributed by atoms with van der Waals surface area (Å²) in [5, 5.41) is 3.53. The number of carbonyl (C=O) groups is 1. The fourth-order valence-electron chi connectivity index (χ4n) is 4.68. The quantitative estimate of drug-likeness (QED) is 0.225. The van der Waals surface area contributed by atoms with Crippen molar-refractivity contribution in [2.24, 2.45) is 0 Å². The minimum atomic E-state index is -0.455. The van der Waals surface area contributed by atoms with Crippen molar-refractivity contribution in [2.75, 3.05) is 19.2 Å². The van der Waals surface area contributed by atoms with Crippen LogP contribution in [0.5, 0.6) is 17.2 Å². The molecule has 2 heterocycles. The molecule has 0 saturated heterocycles. The largest absolute Gasteiger partial charge is 0.495 e. The molecular weight excluding hydrogens is 490 g/mol. The normalized spacial score (nSPS) is 15.4. The van der Waals surface area contributed by atoms with Gasteiger partial charge in [-0.1, -0.05) is 42.5 Å². The molecule has 0 spiro atoms. The third kappa shape index (κ3) is 5.46. The molecule has 8 nitrogen and oxygen atoms in total. The van der Waals surface area contributed by atoms with Crippen molar-refractivity contribution in [3.8, 4) is 17.2 Å². The average Bonchev–Trinajstić information content (AvgIpc) is 3.38. The van der Waals surface area contributed by atoms with E-state index in [0.717, 1.165) is 19.3 Å². The highest BCUT2D eigenvalue weighted by Gasteiger charge is 2.24. The second-order valence-corrected chi connectivity index (χ2v) is 10.3. The molecule has 194 valence electrons. The second-order valence-electron chi connectivity index (χ2n) is 9.14. The SMILES string of the molecule is CC[C@@H](Sc1nc2cc3c(cc2c(=O)n1CCC1=CCCCC1)OCO3)C(=O)Nc1ccccc1OC. The van der Waals surface area contributed by atoms with E-state index < -0.39 is 5.25 Å². The molecule has 1 aromatic heterocycles. The van der Waals surface area contributed by atoms with Crippen LogP contribution in [0, 0.1) is 0 Å². The van der Waals surface area contributed by atoms with Crippen molar-refractivity contribution in [1.29, 1.82) is 0 Å². The number of carbonyl (C=O) groups excluding carboxylic acids is 1. The summed E-state index contributed by atoms with van der Waals surface area (Å²) in [4.78, 5) is 31.9. The monoisotopic (exact) mass is 521 g/mol. The third-order valence-corrected chi connectivity index (χ3v) is 8.09. The van der Waals surface area contributed by atoms with Gasteiger partial charge in [0.15, 0.2) is 16.7 Å². The van der Waals surface area contributed by atoms with Crippen LogP contribution in [0.1, 0.15) is 45.4 Å². The second kappa shape index (κ2) is 11.3. The number of methoxy groups -OCH3 is 1. The Morgan fingerprint density at radius 3 is 2.78 bits per heavy atom. The predicted molar refractivity (Wildman–Crippen MR) is 145 cm³/mol. The lowest BCUT2D eigenvalue weighted by Gasteiger charge is -2.20. The van der Waals surface area contributed by atoms with Crippen molar-refractivity contribution in [3.05, 3.63) is 58.4 Å². The van der Waals surface area contributed by atoms with Crippen LogP contribution in [0.4, 0.5) is 5.69 Å². The Morgan fingerprint density at radius 2 is 2.03 bits per heavy atom. The maximum atomic E-state index is 13.7. The molecular formula is C28H31N3O5S. The predicted octanol–water partition coefficient (Wildman–Crippen LogP) is 5.53. The Hall–Kier alpha value is -3.46. The number of para-hydroxylation sites is 2. The summed E-state index contributed by atoms with van der Waals surface area (Å²) in [6, 6.07) is 10.8. The number of nitrogens with one attached hydrogen (secondary N) is 1. The van der Waals surface area contributed by atoms with E-state index in [1.165, 1.54) is 30.2 Å². The van der Waals surface area contributed by atoms with Crippen LogP contribution in [-0.2, 0) is 11.3 Å². The first-order valence-corrected chi connectivity index (χ1v) is 13.6. The van der Waals surface area contributed by atoms with Gasteiger partial charge in [-0.2, -0.15) is 0 Å². The maximum absolute atomic E-state index is 13.7. The Kier molecular flexibility index (Phi) is 7.69. The van der Waals surface area contributed by atoms with Gasteiger partial charge in [-0.15, -0.1) is 0 Å². The summed E-state index contributed by atoms with van der Waals surface area (Å²) in [7, 11) is 1.57. The molecule has 2 aliphatic rings. The summed E-state index contributed by atoms with van der Waals surface area (Å²) in [6.45, 7) is 2.58. The molecule has 0 radical (unpaired) electrons. The number of ether oxygens (including phenoxy) is 3. The lowest BCUT2D eigenvalue weighted by molar-refractivity contribution is -0.115. The van der Waals surface area contributed by atoms with Gasteiger partial charge in [-0.25, -0.2) is 4.98 Å². The molecule has 5 rings (SSSR count). The van der Waals surface area contributed by atoms with Gasteiger partial charge in [0.05, 0.1) is 29.0 Å². The van der Waals surface area contributed by atoms with Crippen LogP contribution in [0.3, 0.4) is 0 Å². The molecule has 1 amide bonds. The van der Waals surface area contributed by atoms with Crippen LogP contribution >= 0.6 is 11.8 Å². The lowest BCUT2D eigenvalue weighted by atomic mass is 9.97. The van der Waals surface area contributed by atoms with Gasteiger partial charge in [-0.3, -0.25) is 14.2 Å². The molecule has 1 N–H and O–H groups in total. The Balaban J connectivity index is 1.48. The molecule has 0 bridgehead atoms. The van der Waals surface area contributed by atoms with E-state index in [9.17, 15) is 9.59 Å². The summed E-state index contributed by atoms with van der Waals surface area (Å²) in [6.07, 6.45) is 8.20. The van der Waals surface area contributed by atoms with Crippen molar-refractivity contribution in [3.63, 3.8) is 0 Å². The fraction of sp³-hybridized carbons (Fsp3) is 0.393. The molecule has 1 aliphatic heterocycles. The summed E-state index contributed by atoms with van der Waals surface area (Å²) < 4.78 is 18.1. The summed E-state index contributed by atoms with van der Waals surface area (Å²) in [5.41, 5.74) is 2.38. The number of fused-ring (bicyclic) bond motifs is 2. The van der Waals surface area contributed by atoms with Gasteiger partial charge >= 0.3 is 0 Å². The van der Waals surface area contributed by atoms with E-state index in [-0.39, 0.29) is 18.3 Å². The first-order valence-electron chi connectivity index (χ1n) is 12.7. The lowest BCUT2D eigenvalue weighted by Crippen LogP contribution is -2.28. The van der Waals surface area contributed by atoms with Gasteiger partial charge < -0.3 is 19.5 Å². The maximum Gasteiger partial charge on any atom is 0.262 e. The zero-order valence-corrected chi connectivity index (χ0v) is 21.9. The number of allylic oxidation sites excluding steroid dienone is 2. The average molecular weight is 522 g/mol. The smallest absolute Gasteiger partial charge is 0.262 e. The number of benzene rings is 2. The minimum absolute atomic E-state index is 0.122. The van der Waals surface area contributed by atoms with E-state index in [0.29, 0.717) is 52.0 Å². The van der Waals surface area contributed by atoms with Crippen LogP contribution in [0.25, 0.3) is 10.9 Å². The van der Waals surface area contributed by atoms with E-state index in [1.807, 2.05) is 19.1 Å². The fourth-order valence-corrected chi connectivity index (χ4v) is 5.72.